The van der Waals surface area contributed by atoms with Crippen molar-refractivity contribution in [3.05, 3.63) is 0 Å². The molecule has 2 aliphatic heterocycles. The lowest BCUT2D eigenvalue weighted by Gasteiger charge is -2.34. The van der Waals surface area contributed by atoms with Gasteiger partial charge in [-0.2, -0.15) is 0 Å². The Morgan fingerprint density at radius 2 is 2.14 bits per heavy atom. The molecule has 2 heterocycles. The molecule has 22 heavy (non-hydrogen) atoms. The van der Waals surface area contributed by atoms with Gasteiger partial charge in [0.15, 0.2) is 0 Å². The van der Waals surface area contributed by atoms with Gasteiger partial charge < -0.3 is 20.1 Å². The van der Waals surface area contributed by atoms with Crippen molar-refractivity contribution in [2.75, 3.05) is 26.2 Å². The van der Waals surface area contributed by atoms with Crippen molar-refractivity contribution in [2.24, 2.45) is 17.3 Å². The number of carboxylic acid groups (broad SMARTS) is 1. The van der Waals surface area contributed by atoms with Gasteiger partial charge in [0.2, 0.25) is 0 Å². The highest BCUT2D eigenvalue weighted by Crippen LogP contribution is 2.47. The van der Waals surface area contributed by atoms with E-state index in [1.54, 1.807) is 4.90 Å². The Morgan fingerprint density at radius 3 is 2.82 bits per heavy atom. The van der Waals surface area contributed by atoms with Gasteiger partial charge in [-0.15, -0.1) is 0 Å². The summed E-state index contributed by atoms with van der Waals surface area (Å²) < 4.78 is 5.88. The maximum atomic E-state index is 12.3. The van der Waals surface area contributed by atoms with Gasteiger partial charge in [0.25, 0.3) is 0 Å². The summed E-state index contributed by atoms with van der Waals surface area (Å²) in [5.41, 5.74) is 0.0127. The molecule has 0 aromatic heterocycles. The maximum Gasteiger partial charge on any atom is 0.317 e. The van der Waals surface area contributed by atoms with Crippen LogP contribution in [0.25, 0.3) is 0 Å². The summed E-state index contributed by atoms with van der Waals surface area (Å²) in [6.07, 6.45) is 5.14. The van der Waals surface area contributed by atoms with Gasteiger partial charge in [-0.3, -0.25) is 4.79 Å². The van der Waals surface area contributed by atoms with E-state index >= 15 is 0 Å². The van der Waals surface area contributed by atoms with Gasteiger partial charge in [0, 0.05) is 31.7 Å². The van der Waals surface area contributed by atoms with Crippen LogP contribution in [0.5, 0.6) is 0 Å². The van der Waals surface area contributed by atoms with Gasteiger partial charge in [-0.25, -0.2) is 4.79 Å². The average molecular weight is 310 g/mol. The summed E-state index contributed by atoms with van der Waals surface area (Å²) in [6, 6.07) is -0.131. The molecule has 124 valence electrons. The molecule has 2 N–H and O–H groups in total. The highest BCUT2D eigenvalue weighted by Gasteiger charge is 2.48. The standard InChI is InChI=1S/C16H26N2O4/c1-16(6-8-22-13(16)11-4-5-11)10-17-15(21)18-7-2-3-12(9-18)14(19)20/h11-13H,2-10H2,1H3,(H,17,21)(H,19,20). The van der Waals surface area contributed by atoms with Crippen molar-refractivity contribution in [2.45, 2.75) is 45.1 Å². The molecule has 3 unspecified atom stereocenters. The first-order valence-corrected chi connectivity index (χ1v) is 8.37. The van der Waals surface area contributed by atoms with Crippen LogP contribution in [0.15, 0.2) is 0 Å². The summed E-state index contributed by atoms with van der Waals surface area (Å²) in [5, 5.41) is 12.1. The molecule has 2 amide bonds. The fourth-order valence-electron chi connectivity index (χ4n) is 3.81. The first-order chi connectivity index (χ1) is 10.5. The second kappa shape index (κ2) is 6.07. The number of urea groups is 1. The molecular weight excluding hydrogens is 284 g/mol. The number of ether oxygens (including phenoxy) is 1. The van der Waals surface area contributed by atoms with E-state index in [0.29, 0.717) is 32.0 Å². The first kappa shape index (κ1) is 15.6. The normalized spacial score (nSPS) is 35.4. The van der Waals surface area contributed by atoms with Crippen molar-refractivity contribution >= 4 is 12.0 Å². The third-order valence-corrected chi connectivity index (χ3v) is 5.41. The minimum Gasteiger partial charge on any atom is -0.481 e. The van der Waals surface area contributed by atoms with Crippen LogP contribution in [-0.2, 0) is 9.53 Å². The van der Waals surface area contributed by atoms with E-state index in [9.17, 15) is 9.59 Å². The van der Waals surface area contributed by atoms with E-state index in [0.717, 1.165) is 19.4 Å². The Labute approximate surface area is 131 Å². The first-order valence-electron chi connectivity index (χ1n) is 8.37. The van der Waals surface area contributed by atoms with Crippen LogP contribution in [0.4, 0.5) is 4.79 Å². The van der Waals surface area contributed by atoms with Crippen LogP contribution in [0.1, 0.15) is 39.0 Å². The van der Waals surface area contributed by atoms with Crippen molar-refractivity contribution in [3.8, 4) is 0 Å². The lowest BCUT2D eigenvalue weighted by atomic mass is 9.81. The SMILES string of the molecule is CC1(CNC(=O)N2CCCC(C(=O)O)C2)CCOC1C1CC1. The summed E-state index contributed by atoms with van der Waals surface area (Å²) in [7, 11) is 0. The highest BCUT2D eigenvalue weighted by molar-refractivity contribution is 5.76. The molecule has 0 radical (unpaired) electrons. The number of hydrogen-bond donors (Lipinski definition) is 2. The van der Waals surface area contributed by atoms with Crippen molar-refractivity contribution < 1.29 is 19.4 Å². The van der Waals surface area contributed by atoms with Gasteiger partial charge in [0.05, 0.1) is 12.0 Å². The lowest BCUT2D eigenvalue weighted by molar-refractivity contribution is -0.143. The molecule has 1 aliphatic carbocycles. The number of nitrogens with one attached hydrogen (secondary N) is 1. The second-order valence-corrected chi connectivity index (χ2v) is 7.31. The monoisotopic (exact) mass is 310 g/mol. The molecule has 1 saturated carbocycles. The van der Waals surface area contributed by atoms with Crippen molar-refractivity contribution in [1.29, 1.82) is 0 Å². The second-order valence-electron chi connectivity index (χ2n) is 7.31. The molecular formula is C16H26N2O4. The smallest absolute Gasteiger partial charge is 0.317 e. The van der Waals surface area contributed by atoms with Crippen LogP contribution in [0, 0.1) is 17.3 Å². The lowest BCUT2D eigenvalue weighted by Crippen LogP contribution is -2.50. The number of carboxylic acids is 1. The summed E-state index contributed by atoms with van der Waals surface area (Å²) in [5.74, 6) is -0.567. The quantitative estimate of drug-likeness (QED) is 0.828. The number of hydrogen-bond acceptors (Lipinski definition) is 3. The predicted octanol–water partition coefficient (Wildman–Crippen LogP) is 1.70. The van der Waals surface area contributed by atoms with Crippen LogP contribution < -0.4 is 5.32 Å². The Balaban J connectivity index is 1.52. The predicted molar refractivity (Wildman–Crippen MR) is 80.5 cm³/mol. The zero-order valence-corrected chi connectivity index (χ0v) is 13.2. The fourth-order valence-corrected chi connectivity index (χ4v) is 3.81. The minimum absolute atomic E-state index is 0.0127. The molecule has 0 spiro atoms. The number of carbonyl (C=O) groups excluding carboxylic acids is 1. The van der Waals surface area contributed by atoms with E-state index in [-0.39, 0.29) is 17.6 Å². The van der Waals surface area contributed by atoms with Gasteiger partial charge in [-0.1, -0.05) is 6.92 Å². The number of piperidine rings is 1. The average Bonchev–Trinajstić information content (AvgIpc) is 3.28. The Kier molecular flexibility index (Phi) is 4.30. The van der Waals surface area contributed by atoms with E-state index < -0.39 is 11.9 Å². The van der Waals surface area contributed by atoms with Gasteiger partial charge in [-0.05, 0) is 38.0 Å². The zero-order valence-electron chi connectivity index (χ0n) is 13.2. The number of amides is 2. The highest BCUT2D eigenvalue weighted by atomic mass is 16.5. The summed E-state index contributed by atoms with van der Waals surface area (Å²) >= 11 is 0. The van der Waals surface area contributed by atoms with Crippen molar-refractivity contribution in [3.63, 3.8) is 0 Å². The van der Waals surface area contributed by atoms with E-state index in [4.69, 9.17) is 9.84 Å². The minimum atomic E-state index is -0.803. The number of nitrogens with zero attached hydrogens (tertiary/aromatic N) is 1. The Hall–Kier alpha value is -1.30. The number of likely N-dealkylation sites (tertiary alicyclic amines) is 1. The molecule has 0 aromatic rings. The topological polar surface area (TPSA) is 78.9 Å². The summed E-state index contributed by atoms with van der Waals surface area (Å²) in [6.45, 7) is 4.55. The molecule has 6 heteroatoms. The third kappa shape index (κ3) is 3.21. The fraction of sp³-hybridized carbons (Fsp3) is 0.875. The molecule has 3 rings (SSSR count). The molecule has 2 saturated heterocycles. The van der Waals surface area contributed by atoms with Crippen LogP contribution in [-0.4, -0.2) is 54.4 Å². The van der Waals surface area contributed by atoms with Crippen LogP contribution in [0.3, 0.4) is 0 Å². The van der Waals surface area contributed by atoms with Crippen LogP contribution in [0.2, 0.25) is 0 Å². The molecule has 6 nitrogen and oxygen atoms in total. The number of carbonyl (C=O) groups is 2. The molecule has 0 aromatic carbocycles. The Bertz CT molecular complexity index is 451. The third-order valence-electron chi connectivity index (χ3n) is 5.41. The van der Waals surface area contributed by atoms with E-state index in [1.807, 2.05) is 0 Å². The molecule has 0 bridgehead atoms. The maximum absolute atomic E-state index is 12.3. The molecule has 3 aliphatic rings. The van der Waals surface area contributed by atoms with E-state index in [2.05, 4.69) is 12.2 Å². The largest absolute Gasteiger partial charge is 0.481 e. The molecule has 3 atom stereocenters. The molecule has 3 fully saturated rings. The Morgan fingerprint density at radius 1 is 1.36 bits per heavy atom. The van der Waals surface area contributed by atoms with Crippen molar-refractivity contribution in [1.82, 2.24) is 10.2 Å². The van der Waals surface area contributed by atoms with Crippen LogP contribution >= 0.6 is 0 Å². The number of aliphatic carboxylic acids is 1. The van der Waals surface area contributed by atoms with Gasteiger partial charge >= 0.3 is 12.0 Å². The number of rotatable bonds is 4. The zero-order chi connectivity index (χ0) is 15.7. The van der Waals surface area contributed by atoms with E-state index in [1.165, 1.54) is 12.8 Å². The summed E-state index contributed by atoms with van der Waals surface area (Å²) in [4.78, 5) is 25.1. The van der Waals surface area contributed by atoms with Gasteiger partial charge in [0.1, 0.15) is 0 Å².